The molecule has 2 fully saturated rings. The number of aliphatic hydroxyl groups excluding tert-OH is 1. The molecule has 0 spiro atoms. The summed E-state index contributed by atoms with van der Waals surface area (Å²) in [6, 6.07) is 5.76. The first-order chi connectivity index (χ1) is 15.0. The molecule has 3 heterocycles. The molecule has 2 N–H and O–H groups in total. The van der Waals surface area contributed by atoms with Crippen molar-refractivity contribution in [1.82, 2.24) is 19.9 Å². The number of rotatable bonds is 5. The second-order valence-electron chi connectivity index (χ2n) is 8.23. The van der Waals surface area contributed by atoms with Gasteiger partial charge in [-0.1, -0.05) is 6.07 Å². The van der Waals surface area contributed by atoms with Gasteiger partial charge in [0.15, 0.2) is 11.6 Å². The summed E-state index contributed by atoms with van der Waals surface area (Å²) in [6.07, 6.45) is 4.53. The van der Waals surface area contributed by atoms with Crippen LogP contribution in [-0.4, -0.2) is 63.3 Å². The first-order valence-electron chi connectivity index (χ1n) is 10.5. The number of aromatic nitrogens is 3. The fourth-order valence-electron chi connectivity index (χ4n) is 4.12. The van der Waals surface area contributed by atoms with E-state index in [-0.39, 0.29) is 12.1 Å². The summed E-state index contributed by atoms with van der Waals surface area (Å²) >= 11 is 0. The Labute approximate surface area is 178 Å². The molecule has 9 heteroatoms. The molecule has 1 saturated carbocycles. The molecule has 31 heavy (non-hydrogen) atoms. The Hall–Kier alpha value is -2.91. The van der Waals surface area contributed by atoms with Gasteiger partial charge in [-0.2, -0.15) is 0 Å². The van der Waals surface area contributed by atoms with Gasteiger partial charge < -0.3 is 15.3 Å². The normalized spacial score (nSPS) is 21.8. The molecule has 1 aliphatic carbocycles. The van der Waals surface area contributed by atoms with E-state index in [1.807, 2.05) is 6.07 Å². The van der Waals surface area contributed by atoms with E-state index in [0.717, 1.165) is 49.1 Å². The third kappa shape index (κ3) is 4.28. The zero-order valence-corrected chi connectivity index (χ0v) is 17.0. The Bertz CT molecular complexity index is 1080. The number of halogens is 2. The maximum absolute atomic E-state index is 14.0. The lowest BCUT2D eigenvalue weighted by Crippen LogP contribution is -2.47. The van der Waals surface area contributed by atoms with Crippen molar-refractivity contribution in [3.8, 4) is 0 Å². The van der Waals surface area contributed by atoms with E-state index in [0.29, 0.717) is 30.8 Å². The van der Waals surface area contributed by atoms with Crippen molar-refractivity contribution in [1.29, 1.82) is 0 Å². The molecule has 1 saturated heterocycles. The summed E-state index contributed by atoms with van der Waals surface area (Å²) < 4.78 is 27.2. The van der Waals surface area contributed by atoms with E-state index in [1.54, 1.807) is 12.4 Å². The van der Waals surface area contributed by atoms with Crippen LogP contribution >= 0.6 is 0 Å². The monoisotopic (exact) mass is 426 g/mol. The summed E-state index contributed by atoms with van der Waals surface area (Å²) in [7, 11) is 0. The van der Waals surface area contributed by atoms with Crippen molar-refractivity contribution >= 4 is 22.7 Å². The summed E-state index contributed by atoms with van der Waals surface area (Å²) in [5, 5.41) is 13.1. The zero-order chi connectivity index (χ0) is 21.4. The van der Waals surface area contributed by atoms with Crippen LogP contribution in [0.5, 0.6) is 0 Å². The Morgan fingerprint density at radius 3 is 2.58 bits per heavy atom. The summed E-state index contributed by atoms with van der Waals surface area (Å²) in [5.41, 5.74) is 2.00. The highest BCUT2D eigenvalue weighted by molar-refractivity contribution is 5.80. The van der Waals surface area contributed by atoms with E-state index in [9.17, 15) is 13.9 Å². The molecule has 2 aliphatic rings. The Kier molecular flexibility index (Phi) is 5.37. The van der Waals surface area contributed by atoms with Gasteiger partial charge in [-0.15, -0.1) is 0 Å². The van der Waals surface area contributed by atoms with Crippen LogP contribution in [0.4, 0.5) is 20.4 Å². The van der Waals surface area contributed by atoms with Gasteiger partial charge in [-0.3, -0.25) is 9.88 Å². The van der Waals surface area contributed by atoms with Crippen molar-refractivity contribution in [3.05, 3.63) is 53.9 Å². The van der Waals surface area contributed by atoms with Crippen molar-refractivity contribution < 1.29 is 13.9 Å². The first-order valence-corrected chi connectivity index (χ1v) is 10.5. The Morgan fingerprint density at radius 1 is 1.03 bits per heavy atom. The van der Waals surface area contributed by atoms with Gasteiger partial charge in [0, 0.05) is 56.6 Å². The summed E-state index contributed by atoms with van der Waals surface area (Å²) in [6.45, 7) is 3.34. The fourth-order valence-corrected chi connectivity index (χ4v) is 4.12. The highest BCUT2D eigenvalue weighted by atomic mass is 19.1. The standard InChI is InChI=1S/C22H24F2N6O/c23-15-2-1-14(18(24)9-15)13-29-5-7-30(8-6-29)22-21(26-16-10-17(31)11-16)27-20-12-25-4-3-19(20)28-22/h1-4,9,12,16-17,31H,5-8,10-11,13H2,(H,26,27)/t16-,17-. The van der Waals surface area contributed by atoms with Crippen molar-refractivity contribution in [2.24, 2.45) is 0 Å². The molecular formula is C22H24F2N6O. The molecule has 1 aliphatic heterocycles. The highest BCUT2D eigenvalue weighted by Crippen LogP contribution is 2.30. The molecule has 3 aromatic rings. The predicted molar refractivity (Wildman–Crippen MR) is 114 cm³/mol. The SMILES string of the molecule is O[C@H]1C[C@H](Nc2nc3cnccc3nc2N2CCN(Cc3ccc(F)cc3F)CC2)C1. The molecule has 7 nitrogen and oxygen atoms in total. The van der Waals surface area contributed by atoms with Crippen LogP contribution in [0.2, 0.25) is 0 Å². The minimum Gasteiger partial charge on any atom is -0.393 e. The second kappa shape index (κ2) is 8.32. The second-order valence-corrected chi connectivity index (χ2v) is 8.23. The number of nitrogens with zero attached hydrogens (tertiary/aromatic N) is 5. The van der Waals surface area contributed by atoms with E-state index >= 15 is 0 Å². The molecule has 2 aromatic heterocycles. The third-order valence-electron chi connectivity index (χ3n) is 5.98. The Morgan fingerprint density at radius 2 is 1.84 bits per heavy atom. The zero-order valence-electron chi connectivity index (χ0n) is 17.0. The molecule has 0 radical (unpaired) electrons. The van der Waals surface area contributed by atoms with E-state index < -0.39 is 11.6 Å². The quantitative estimate of drug-likeness (QED) is 0.649. The largest absolute Gasteiger partial charge is 0.393 e. The lowest BCUT2D eigenvalue weighted by Gasteiger charge is -2.37. The maximum Gasteiger partial charge on any atom is 0.172 e. The van der Waals surface area contributed by atoms with Crippen LogP contribution in [-0.2, 0) is 6.54 Å². The number of hydrogen-bond donors (Lipinski definition) is 2. The van der Waals surface area contributed by atoms with Crippen LogP contribution in [0.1, 0.15) is 18.4 Å². The fraction of sp³-hybridized carbons (Fsp3) is 0.409. The molecule has 0 unspecified atom stereocenters. The van der Waals surface area contributed by atoms with Crippen LogP contribution < -0.4 is 10.2 Å². The Balaban J connectivity index is 1.32. The smallest absolute Gasteiger partial charge is 0.172 e. The lowest BCUT2D eigenvalue weighted by atomic mass is 9.89. The minimum atomic E-state index is -0.560. The number of aliphatic hydroxyl groups is 1. The van der Waals surface area contributed by atoms with Gasteiger partial charge in [0.25, 0.3) is 0 Å². The van der Waals surface area contributed by atoms with E-state index in [1.165, 1.54) is 12.1 Å². The van der Waals surface area contributed by atoms with Crippen LogP contribution in [0.25, 0.3) is 11.0 Å². The molecule has 5 rings (SSSR count). The highest BCUT2D eigenvalue weighted by Gasteiger charge is 2.30. The molecule has 162 valence electrons. The average molecular weight is 426 g/mol. The third-order valence-corrected chi connectivity index (χ3v) is 5.98. The number of anilines is 2. The van der Waals surface area contributed by atoms with Gasteiger partial charge in [-0.25, -0.2) is 18.7 Å². The topological polar surface area (TPSA) is 77.4 Å². The van der Waals surface area contributed by atoms with Gasteiger partial charge in [0.05, 0.1) is 17.8 Å². The van der Waals surface area contributed by atoms with Crippen LogP contribution in [0.3, 0.4) is 0 Å². The van der Waals surface area contributed by atoms with Gasteiger partial charge in [0.2, 0.25) is 0 Å². The molecule has 0 bridgehead atoms. The molecule has 0 amide bonds. The minimum absolute atomic E-state index is 0.180. The van der Waals surface area contributed by atoms with E-state index in [2.05, 4.69) is 20.1 Å². The summed E-state index contributed by atoms with van der Waals surface area (Å²) in [5.74, 6) is 0.420. The van der Waals surface area contributed by atoms with Crippen molar-refractivity contribution in [2.75, 3.05) is 36.4 Å². The van der Waals surface area contributed by atoms with Crippen LogP contribution in [0.15, 0.2) is 36.7 Å². The van der Waals surface area contributed by atoms with Gasteiger partial charge in [-0.05, 0) is 25.0 Å². The summed E-state index contributed by atoms with van der Waals surface area (Å²) in [4.78, 5) is 18.1. The van der Waals surface area contributed by atoms with Crippen molar-refractivity contribution in [3.63, 3.8) is 0 Å². The van der Waals surface area contributed by atoms with Crippen LogP contribution in [0, 0.1) is 11.6 Å². The maximum atomic E-state index is 14.0. The molecular weight excluding hydrogens is 402 g/mol. The number of piperazine rings is 1. The lowest BCUT2D eigenvalue weighted by molar-refractivity contribution is 0.0835. The average Bonchev–Trinajstić information content (AvgIpc) is 2.75. The number of benzene rings is 1. The number of hydrogen-bond acceptors (Lipinski definition) is 7. The van der Waals surface area contributed by atoms with E-state index in [4.69, 9.17) is 9.97 Å². The predicted octanol–water partition coefficient (Wildman–Crippen LogP) is 2.56. The molecule has 1 aromatic carbocycles. The number of fused-ring (bicyclic) bond motifs is 1. The molecule has 0 atom stereocenters. The number of nitrogens with one attached hydrogen (secondary N) is 1. The first kappa shape index (κ1) is 20.0. The number of pyridine rings is 1. The van der Waals surface area contributed by atoms with Gasteiger partial charge in [0.1, 0.15) is 17.2 Å². The van der Waals surface area contributed by atoms with Gasteiger partial charge >= 0.3 is 0 Å². The van der Waals surface area contributed by atoms with Crippen molar-refractivity contribution in [2.45, 2.75) is 31.5 Å².